The zero-order chi connectivity index (χ0) is 15.2. The van der Waals surface area contributed by atoms with Gasteiger partial charge in [0.2, 0.25) is 0 Å². The van der Waals surface area contributed by atoms with Gasteiger partial charge in [0.1, 0.15) is 18.5 Å². The molecule has 2 aromatic carbocycles. The van der Waals surface area contributed by atoms with E-state index in [2.05, 4.69) is 12.1 Å². The molecule has 0 aliphatic heterocycles. The molecular formula is C17H23NO3. The lowest BCUT2D eigenvalue weighted by Crippen LogP contribution is -2.34. The Hall–Kier alpha value is -1.62. The minimum Gasteiger partial charge on any atom is -0.491 e. The number of likely N-dealkylation sites (N-methyl/N-ethyl adjacent to an activating group) is 1. The Morgan fingerprint density at radius 1 is 1.19 bits per heavy atom. The van der Waals surface area contributed by atoms with Crippen LogP contribution in [-0.2, 0) is 0 Å². The molecule has 114 valence electrons. The third kappa shape index (κ3) is 4.17. The van der Waals surface area contributed by atoms with E-state index >= 15 is 0 Å². The average molecular weight is 289 g/mol. The summed E-state index contributed by atoms with van der Waals surface area (Å²) in [5.41, 5.74) is 1.09. The van der Waals surface area contributed by atoms with Crippen molar-refractivity contribution in [2.45, 2.75) is 13.0 Å². The topological polar surface area (TPSA) is 52.9 Å². The van der Waals surface area contributed by atoms with Crippen molar-refractivity contribution in [1.29, 1.82) is 0 Å². The Bertz CT molecular complexity index is 585. The Kier molecular flexibility index (Phi) is 5.56. The fourth-order valence-electron chi connectivity index (χ4n) is 2.42. The third-order valence-corrected chi connectivity index (χ3v) is 3.58. The molecule has 0 spiro atoms. The highest BCUT2D eigenvalue weighted by Crippen LogP contribution is 2.27. The molecule has 0 fully saturated rings. The summed E-state index contributed by atoms with van der Waals surface area (Å²) in [4.78, 5) is 1.88. The first-order chi connectivity index (χ1) is 10.1. The van der Waals surface area contributed by atoms with Crippen LogP contribution in [0.5, 0.6) is 5.75 Å². The zero-order valence-electron chi connectivity index (χ0n) is 12.6. The normalized spacial score (nSPS) is 12.8. The molecule has 2 aromatic rings. The van der Waals surface area contributed by atoms with E-state index in [0.717, 1.165) is 11.3 Å². The summed E-state index contributed by atoms with van der Waals surface area (Å²) in [6.45, 7) is 3.39. The molecule has 2 N–H and O–H groups in total. The van der Waals surface area contributed by atoms with Gasteiger partial charge in [0.25, 0.3) is 0 Å². The zero-order valence-corrected chi connectivity index (χ0v) is 12.6. The molecule has 4 nitrogen and oxygen atoms in total. The van der Waals surface area contributed by atoms with Gasteiger partial charge in [-0.3, -0.25) is 0 Å². The highest BCUT2D eigenvalue weighted by molar-refractivity contribution is 5.87. The van der Waals surface area contributed by atoms with Gasteiger partial charge in [-0.15, -0.1) is 0 Å². The largest absolute Gasteiger partial charge is 0.491 e. The second kappa shape index (κ2) is 7.41. The predicted octanol–water partition coefficient (Wildman–Crippen LogP) is 1.81. The van der Waals surface area contributed by atoms with E-state index in [0.29, 0.717) is 13.1 Å². The smallest absolute Gasteiger partial charge is 0.122 e. The van der Waals surface area contributed by atoms with Gasteiger partial charge < -0.3 is 19.8 Å². The van der Waals surface area contributed by atoms with Crippen molar-refractivity contribution in [3.05, 3.63) is 42.0 Å². The van der Waals surface area contributed by atoms with Crippen molar-refractivity contribution in [3.63, 3.8) is 0 Å². The molecule has 0 saturated carbocycles. The van der Waals surface area contributed by atoms with Crippen LogP contribution in [0.2, 0.25) is 0 Å². The number of ether oxygens (including phenoxy) is 1. The monoisotopic (exact) mass is 289 g/mol. The first-order valence-corrected chi connectivity index (χ1v) is 7.20. The van der Waals surface area contributed by atoms with Gasteiger partial charge >= 0.3 is 0 Å². The summed E-state index contributed by atoms with van der Waals surface area (Å²) in [6, 6.07) is 12.2. The molecular weight excluding hydrogens is 266 g/mol. The molecule has 0 saturated heterocycles. The standard InChI is InChI=1S/C17H23NO3/c1-13-16-6-4-3-5-14(16)7-8-17(13)21-12-15(20)11-18(2)9-10-19/h3-8,15,19-20H,9-12H2,1-2H3. The van der Waals surface area contributed by atoms with Crippen LogP contribution in [0.25, 0.3) is 10.8 Å². The number of hydrogen-bond acceptors (Lipinski definition) is 4. The lowest BCUT2D eigenvalue weighted by molar-refractivity contribution is 0.0709. The molecule has 0 radical (unpaired) electrons. The maximum absolute atomic E-state index is 9.96. The van der Waals surface area contributed by atoms with Gasteiger partial charge in [-0.25, -0.2) is 0 Å². The van der Waals surface area contributed by atoms with Crippen molar-refractivity contribution in [3.8, 4) is 5.75 Å². The summed E-state index contributed by atoms with van der Waals surface area (Å²) < 4.78 is 5.75. The molecule has 0 bridgehead atoms. The van der Waals surface area contributed by atoms with E-state index in [-0.39, 0.29) is 13.2 Å². The van der Waals surface area contributed by atoms with Crippen molar-refractivity contribution < 1.29 is 14.9 Å². The summed E-state index contributed by atoms with van der Waals surface area (Å²) in [6.07, 6.45) is -0.576. The fraction of sp³-hybridized carbons (Fsp3) is 0.412. The van der Waals surface area contributed by atoms with Gasteiger partial charge in [-0.1, -0.05) is 30.3 Å². The number of aryl methyl sites for hydroxylation is 1. The van der Waals surface area contributed by atoms with Crippen LogP contribution in [0, 0.1) is 6.92 Å². The van der Waals surface area contributed by atoms with E-state index in [4.69, 9.17) is 9.84 Å². The number of benzene rings is 2. The van der Waals surface area contributed by atoms with Crippen LogP contribution < -0.4 is 4.74 Å². The van der Waals surface area contributed by atoms with Crippen molar-refractivity contribution in [2.24, 2.45) is 0 Å². The molecule has 0 amide bonds. The number of nitrogens with zero attached hydrogens (tertiary/aromatic N) is 1. The number of aliphatic hydroxyl groups excluding tert-OH is 2. The third-order valence-electron chi connectivity index (χ3n) is 3.58. The van der Waals surface area contributed by atoms with Gasteiger partial charge in [-0.2, -0.15) is 0 Å². The lowest BCUT2D eigenvalue weighted by atomic mass is 10.0. The molecule has 4 heteroatoms. The van der Waals surface area contributed by atoms with Gasteiger partial charge in [0.05, 0.1) is 6.61 Å². The summed E-state index contributed by atoms with van der Waals surface area (Å²) in [5, 5.41) is 21.2. The molecule has 1 atom stereocenters. The van der Waals surface area contributed by atoms with Crippen LogP contribution in [0.1, 0.15) is 5.56 Å². The molecule has 0 aliphatic carbocycles. The van der Waals surface area contributed by atoms with Crippen LogP contribution in [-0.4, -0.2) is 54.6 Å². The minimum absolute atomic E-state index is 0.0911. The van der Waals surface area contributed by atoms with E-state index in [1.165, 1.54) is 10.8 Å². The van der Waals surface area contributed by atoms with Gasteiger partial charge in [0.15, 0.2) is 0 Å². The average Bonchev–Trinajstić information content (AvgIpc) is 2.47. The minimum atomic E-state index is -0.576. The lowest BCUT2D eigenvalue weighted by Gasteiger charge is -2.20. The Morgan fingerprint density at radius 2 is 1.95 bits per heavy atom. The number of rotatable bonds is 7. The van der Waals surface area contributed by atoms with Crippen molar-refractivity contribution in [2.75, 3.05) is 33.4 Å². The summed E-state index contributed by atoms with van der Waals surface area (Å²) in [7, 11) is 1.86. The number of hydrogen-bond donors (Lipinski definition) is 2. The SMILES string of the molecule is Cc1c(OCC(O)CN(C)CCO)ccc2ccccc12. The maximum Gasteiger partial charge on any atom is 0.122 e. The summed E-state index contributed by atoms with van der Waals surface area (Å²) in [5.74, 6) is 0.803. The predicted molar refractivity (Wildman–Crippen MR) is 84.8 cm³/mol. The molecule has 21 heavy (non-hydrogen) atoms. The summed E-state index contributed by atoms with van der Waals surface area (Å²) >= 11 is 0. The van der Waals surface area contributed by atoms with E-state index in [1.54, 1.807) is 0 Å². The quantitative estimate of drug-likeness (QED) is 0.816. The molecule has 0 heterocycles. The van der Waals surface area contributed by atoms with Gasteiger partial charge in [-0.05, 0) is 36.4 Å². The molecule has 2 rings (SSSR count). The van der Waals surface area contributed by atoms with Crippen molar-refractivity contribution >= 4 is 10.8 Å². The maximum atomic E-state index is 9.96. The van der Waals surface area contributed by atoms with E-state index in [1.807, 2.05) is 43.1 Å². The highest BCUT2D eigenvalue weighted by Gasteiger charge is 2.10. The number of fused-ring (bicyclic) bond motifs is 1. The molecule has 1 unspecified atom stereocenters. The van der Waals surface area contributed by atoms with E-state index in [9.17, 15) is 5.11 Å². The first kappa shape index (κ1) is 15.8. The van der Waals surface area contributed by atoms with Gasteiger partial charge in [0, 0.05) is 13.1 Å². The van der Waals surface area contributed by atoms with Crippen molar-refractivity contribution in [1.82, 2.24) is 4.90 Å². The fourth-order valence-corrected chi connectivity index (χ4v) is 2.42. The molecule has 0 aliphatic rings. The van der Waals surface area contributed by atoms with Crippen LogP contribution in [0.3, 0.4) is 0 Å². The second-order valence-corrected chi connectivity index (χ2v) is 5.36. The van der Waals surface area contributed by atoms with E-state index < -0.39 is 6.10 Å². The first-order valence-electron chi connectivity index (χ1n) is 7.20. The Morgan fingerprint density at radius 3 is 2.71 bits per heavy atom. The second-order valence-electron chi connectivity index (χ2n) is 5.36. The number of aliphatic hydroxyl groups is 2. The van der Waals surface area contributed by atoms with Crippen LogP contribution >= 0.6 is 0 Å². The molecule has 0 aromatic heterocycles. The Balaban J connectivity index is 1.99. The Labute approximate surface area is 125 Å². The van der Waals surface area contributed by atoms with Crippen LogP contribution in [0.4, 0.5) is 0 Å². The van der Waals surface area contributed by atoms with Crippen LogP contribution in [0.15, 0.2) is 36.4 Å². The highest BCUT2D eigenvalue weighted by atomic mass is 16.5.